The lowest BCUT2D eigenvalue weighted by Crippen LogP contribution is -2.64. The number of hydrogen-bond donors (Lipinski definition) is 3. The molecule has 4 bridgehead atoms. The minimum Gasteiger partial charge on any atom is -0.481 e. The van der Waals surface area contributed by atoms with E-state index in [1.54, 1.807) is 19.1 Å². The predicted octanol–water partition coefficient (Wildman–Crippen LogP) is 3.06. The Morgan fingerprint density at radius 3 is 2.49 bits per heavy atom. The lowest BCUT2D eigenvalue weighted by atomic mass is 9.43. The van der Waals surface area contributed by atoms with Crippen molar-refractivity contribution in [2.24, 2.45) is 45.8 Å². The molecule has 10 nitrogen and oxygen atoms in total. The molecule has 0 aromatic rings. The Balaban J connectivity index is 1.50. The number of aldehydes is 1. The molecule has 1 aliphatic heterocycles. The van der Waals surface area contributed by atoms with Crippen LogP contribution in [-0.2, 0) is 33.3 Å². The van der Waals surface area contributed by atoms with Crippen LogP contribution < -0.4 is 0 Å². The first kappa shape index (κ1) is 32.0. The van der Waals surface area contributed by atoms with Crippen molar-refractivity contribution in [3.05, 3.63) is 36.0 Å². The van der Waals surface area contributed by atoms with Crippen molar-refractivity contribution in [2.45, 2.75) is 90.7 Å². The van der Waals surface area contributed by atoms with E-state index in [1.165, 1.54) is 19.3 Å². The Hall–Kier alpha value is -2.37. The summed E-state index contributed by atoms with van der Waals surface area (Å²) < 4.78 is 23.6. The van der Waals surface area contributed by atoms with Gasteiger partial charge < -0.3 is 39.1 Å². The molecule has 4 fully saturated rings. The Bertz CT molecular complexity index is 1210. The maximum absolute atomic E-state index is 13.7. The van der Waals surface area contributed by atoms with Gasteiger partial charge in [-0.05, 0) is 62.7 Å². The van der Waals surface area contributed by atoms with E-state index in [1.807, 2.05) is 27.7 Å². The van der Waals surface area contributed by atoms with Crippen LogP contribution in [0.15, 0.2) is 36.0 Å². The van der Waals surface area contributed by atoms with E-state index in [0.717, 1.165) is 11.9 Å². The molecule has 2 unspecified atom stereocenters. The van der Waals surface area contributed by atoms with Crippen molar-refractivity contribution < 1.29 is 48.7 Å². The fourth-order valence-corrected chi connectivity index (χ4v) is 9.84. The quantitative estimate of drug-likeness (QED) is 0.112. The second kappa shape index (κ2) is 11.5. The predicted molar refractivity (Wildman–Crippen MR) is 154 cm³/mol. The second-order valence-corrected chi connectivity index (χ2v) is 13.6. The molecule has 3 N–H and O–H groups in total. The Morgan fingerprint density at radius 1 is 1.16 bits per heavy atom. The molecule has 0 radical (unpaired) electrons. The highest BCUT2D eigenvalue weighted by Gasteiger charge is 2.84. The van der Waals surface area contributed by atoms with Crippen molar-refractivity contribution >= 4 is 18.2 Å². The highest BCUT2D eigenvalue weighted by atomic mass is 16.7. The molecule has 1 saturated heterocycles. The van der Waals surface area contributed by atoms with Gasteiger partial charge in [0, 0.05) is 18.6 Å². The van der Waals surface area contributed by atoms with Crippen LogP contribution in [0.1, 0.15) is 53.9 Å². The van der Waals surface area contributed by atoms with Gasteiger partial charge in [-0.2, -0.15) is 0 Å². The van der Waals surface area contributed by atoms with E-state index in [4.69, 9.17) is 18.9 Å². The van der Waals surface area contributed by atoms with Gasteiger partial charge in [0.05, 0.1) is 24.2 Å². The molecule has 3 saturated carbocycles. The number of rotatable bonds is 10. The molecule has 13 atom stereocenters. The summed E-state index contributed by atoms with van der Waals surface area (Å²) in [6.45, 7) is 9.33. The number of aliphatic carboxylic acids is 1. The molecular formula is C33H46O10. The molecule has 4 aliphatic carbocycles. The highest BCUT2D eigenvalue weighted by molar-refractivity contribution is 5.90. The molecular weight excluding hydrogens is 556 g/mol. The summed E-state index contributed by atoms with van der Waals surface area (Å²) in [6, 6.07) is 0. The standard InChI is InChI=1S/C33H46O10/c1-7-8-9-10-25(36)43-28-26(37)29(42-19(5)27(28)40-6)41-16-32-14-21-18(4)24(35)12-23(21)31(15-34)13-20(32)11-22(17(2)3)33(31,32)30(38)39/h7-11,15,17-21,23-24,26-29,35,37H,12-14,16H2,1-6H3,(H,38,39)/b8-7+,10-9-/t18-,19+,20+,21?,23+,24?,26-,27+,28-,29+,31+,32-,33-/m0/s1. The topological polar surface area (TPSA) is 149 Å². The van der Waals surface area contributed by atoms with Crippen LogP contribution in [0.4, 0.5) is 0 Å². The molecule has 10 heteroatoms. The lowest BCUT2D eigenvalue weighted by Gasteiger charge is -2.58. The minimum atomic E-state index is -1.52. The zero-order chi connectivity index (χ0) is 31.5. The smallest absolute Gasteiger partial charge is 0.331 e. The minimum absolute atomic E-state index is 0.0622. The molecule has 238 valence electrons. The Kier molecular flexibility index (Phi) is 8.59. The van der Waals surface area contributed by atoms with E-state index in [-0.39, 0.29) is 36.2 Å². The van der Waals surface area contributed by atoms with Crippen LogP contribution >= 0.6 is 0 Å². The van der Waals surface area contributed by atoms with Gasteiger partial charge in [0.2, 0.25) is 0 Å². The number of aliphatic hydroxyl groups is 2. The number of carbonyl (C=O) groups is 3. The Labute approximate surface area is 253 Å². The van der Waals surface area contributed by atoms with Crippen LogP contribution in [0.3, 0.4) is 0 Å². The van der Waals surface area contributed by atoms with Gasteiger partial charge in [0.1, 0.15) is 23.9 Å². The SMILES string of the molecule is C/C=C/C=C\C(=O)O[C@H]1[C@H](O)[C@H](OC[C@@]23CC4[C@H](C)C(O)C[C@H]4[C@]4(C=O)C[C@H]2C=C(C(C)C)[C@@]34C(=O)O)O[C@H](C)[C@H]1OC. The molecule has 5 rings (SSSR count). The van der Waals surface area contributed by atoms with Gasteiger partial charge in [-0.3, -0.25) is 4.79 Å². The van der Waals surface area contributed by atoms with Crippen molar-refractivity contribution in [1.29, 1.82) is 0 Å². The third-order valence-electron chi connectivity index (χ3n) is 11.6. The zero-order valence-electron chi connectivity index (χ0n) is 25.8. The molecule has 43 heavy (non-hydrogen) atoms. The van der Waals surface area contributed by atoms with Crippen LogP contribution in [0, 0.1) is 45.8 Å². The lowest BCUT2D eigenvalue weighted by molar-refractivity contribution is -0.308. The van der Waals surface area contributed by atoms with Crippen LogP contribution in [0.25, 0.3) is 0 Å². The molecule has 1 heterocycles. The molecule has 5 aliphatic rings. The summed E-state index contributed by atoms with van der Waals surface area (Å²) in [5, 5.41) is 33.5. The molecule has 0 spiro atoms. The molecule has 0 amide bonds. The van der Waals surface area contributed by atoms with Crippen LogP contribution in [0.2, 0.25) is 0 Å². The van der Waals surface area contributed by atoms with Gasteiger partial charge in [0.25, 0.3) is 0 Å². The summed E-state index contributed by atoms with van der Waals surface area (Å²) in [6.07, 6.45) is 4.59. The van der Waals surface area contributed by atoms with E-state index in [2.05, 4.69) is 6.08 Å². The number of esters is 1. The van der Waals surface area contributed by atoms with Gasteiger partial charge >= 0.3 is 11.9 Å². The largest absolute Gasteiger partial charge is 0.481 e. The van der Waals surface area contributed by atoms with E-state index in [0.29, 0.717) is 19.3 Å². The van der Waals surface area contributed by atoms with E-state index >= 15 is 0 Å². The van der Waals surface area contributed by atoms with Crippen molar-refractivity contribution in [2.75, 3.05) is 13.7 Å². The Morgan fingerprint density at radius 2 is 1.88 bits per heavy atom. The first-order valence-electron chi connectivity index (χ1n) is 15.4. The monoisotopic (exact) mass is 602 g/mol. The number of hydrogen-bond acceptors (Lipinski definition) is 9. The third kappa shape index (κ3) is 4.35. The maximum Gasteiger partial charge on any atom is 0.331 e. The van der Waals surface area contributed by atoms with Gasteiger partial charge in [-0.1, -0.05) is 50.6 Å². The number of aliphatic hydroxyl groups excluding tert-OH is 2. The van der Waals surface area contributed by atoms with E-state index in [9.17, 15) is 29.7 Å². The van der Waals surface area contributed by atoms with Crippen LogP contribution in [0.5, 0.6) is 0 Å². The summed E-state index contributed by atoms with van der Waals surface area (Å²) in [4.78, 5) is 39.5. The number of carboxylic acids is 1. The number of fused-ring (bicyclic) bond motifs is 2. The number of methoxy groups -OCH3 is 1. The number of ether oxygens (including phenoxy) is 4. The summed E-state index contributed by atoms with van der Waals surface area (Å²) in [5.41, 5.74) is -2.97. The molecule has 0 aromatic heterocycles. The highest BCUT2D eigenvalue weighted by Crippen LogP contribution is 2.82. The average molecular weight is 603 g/mol. The first-order chi connectivity index (χ1) is 20.4. The van der Waals surface area contributed by atoms with Crippen molar-refractivity contribution in [3.8, 4) is 0 Å². The fourth-order valence-electron chi connectivity index (χ4n) is 9.84. The third-order valence-corrected chi connectivity index (χ3v) is 11.6. The number of carbonyl (C=O) groups excluding carboxylic acids is 2. The van der Waals surface area contributed by atoms with E-state index < -0.39 is 65.0 Å². The van der Waals surface area contributed by atoms with Crippen LogP contribution in [-0.4, -0.2) is 84.1 Å². The first-order valence-corrected chi connectivity index (χ1v) is 15.4. The van der Waals surface area contributed by atoms with Gasteiger partial charge in [-0.25, -0.2) is 4.79 Å². The van der Waals surface area contributed by atoms with Crippen molar-refractivity contribution in [3.63, 3.8) is 0 Å². The zero-order valence-corrected chi connectivity index (χ0v) is 25.8. The summed E-state index contributed by atoms with van der Waals surface area (Å²) in [5.74, 6) is -2.50. The average Bonchev–Trinajstić information content (AvgIpc) is 3.48. The molecule has 0 aromatic carbocycles. The van der Waals surface area contributed by atoms with Crippen molar-refractivity contribution in [1.82, 2.24) is 0 Å². The number of carboxylic acid groups (broad SMARTS) is 1. The second-order valence-electron chi connectivity index (χ2n) is 13.6. The fraction of sp³-hybridized carbons (Fsp3) is 0.727. The maximum atomic E-state index is 13.7. The summed E-state index contributed by atoms with van der Waals surface area (Å²) in [7, 11) is 1.44. The number of allylic oxidation sites excluding steroid dienone is 4. The normalized spacial score (nSPS) is 46.9. The van der Waals surface area contributed by atoms with Gasteiger partial charge in [0.15, 0.2) is 12.4 Å². The van der Waals surface area contributed by atoms with Gasteiger partial charge in [-0.15, -0.1) is 0 Å². The summed E-state index contributed by atoms with van der Waals surface area (Å²) >= 11 is 0.